The van der Waals surface area contributed by atoms with Crippen LogP contribution in [-0.2, 0) is 19.1 Å². The molecular formula is C13H20O4. The summed E-state index contributed by atoms with van der Waals surface area (Å²) < 4.78 is 10.4. The molecule has 0 atom stereocenters. The monoisotopic (exact) mass is 240 g/mol. The lowest BCUT2D eigenvalue weighted by molar-refractivity contribution is -0.175. The Morgan fingerprint density at radius 1 is 0.824 bits per heavy atom. The maximum atomic E-state index is 11.9. The van der Waals surface area contributed by atoms with Crippen LogP contribution in [0.4, 0.5) is 0 Å². The van der Waals surface area contributed by atoms with Gasteiger partial charge in [0.1, 0.15) is 11.2 Å². The second kappa shape index (κ2) is 3.86. The predicted molar refractivity (Wildman–Crippen MR) is 63.3 cm³/mol. The van der Waals surface area contributed by atoms with Gasteiger partial charge in [0.2, 0.25) is 5.41 Å². The summed E-state index contributed by atoms with van der Waals surface area (Å²) in [6.45, 7) is 10.6. The Balaban J connectivity index is 2.70. The number of carbonyl (C=O) groups is 2. The summed E-state index contributed by atoms with van der Waals surface area (Å²) in [7, 11) is 0. The van der Waals surface area contributed by atoms with Crippen molar-refractivity contribution >= 4 is 11.9 Å². The molecule has 0 aromatic carbocycles. The zero-order valence-electron chi connectivity index (χ0n) is 11.3. The van der Waals surface area contributed by atoms with Gasteiger partial charge < -0.3 is 9.47 Å². The zero-order valence-corrected chi connectivity index (χ0v) is 11.3. The lowest BCUT2D eigenvalue weighted by atomic mass is 10.0. The summed E-state index contributed by atoms with van der Waals surface area (Å²) in [5.41, 5.74) is -2.52. The van der Waals surface area contributed by atoms with Gasteiger partial charge in [0.15, 0.2) is 0 Å². The van der Waals surface area contributed by atoms with Gasteiger partial charge in [-0.05, 0) is 41.5 Å². The first kappa shape index (κ1) is 13.7. The van der Waals surface area contributed by atoms with Gasteiger partial charge in [-0.2, -0.15) is 0 Å². The van der Waals surface area contributed by atoms with E-state index in [1.807, 2.05) is 0 Å². The van der Waals surface area contributed by atoms with E-state index < -0.39 is 28.6 Å². The molecular weight excluding hydrogens is 220 g/mol. The van der Waals surface area contributed by atoms with Crippen molar-refractivity contribution in [1.29, 1.82) is 0 Å². The Labute approximate surface area is 102 Å². The van der Waals surface area contributed by atoms with Crippen LogP contribution in [0, 0.1) is 5.41 Å². The van der Waals surface area contributed by atoms with Gasteiger partial charge >= 0.3 is 11.9 Å². The molecule has 0 fully saturated rings. The highest BCUT2D eigenvalue weighted by molar-refractivity contribution is 6.09. The van der Waals surface area contributed by atoms with Crippen LogP contribution in [-0.4, -0.2) is 23.1 Å². The molecule has 1 aliphatic carbocycles. The standard InChI is InChI=1S/C13H20O4/c1-11(2,3)16-9(14)13(7-8-13)10(15)17-12(4,5)6/h7-8H,1-6H3. The van der Waals surface area contributed by atoms with Crippen molar-refractivity contribution in [3.05, 3.63) is 12.2 Å². The van der Waals surface area contributed by atoms with Gasteiger partial charge in [-0.15, -0.1) is 0 Å². The number of carbonyl (C=O) groups excluding carboxylic acids is 2. The van der Waals surface area contributed by atoms with Gasteiger partial charge in [0.25, 0.3) is 0 Å². The van der Waals surface area contributed by atoms with Crippen LogP contribution >= 0.6 is 0 Å². The van der Waals surface area contributed by atoms with E-state index in [0.717, 1.165) is 0 Å². The van der Waals surface area contributed by atoms with Crippen molar-refractivity contribution in [1.82, 2.24) is 0 Å². The molecule has 0 radical (unpaired) electrons. The molecule has 96 valence electrons. The number of hydrogen-bond acceptors (Lipinski definition) is 4. The fourth-order valence-electron chi connectivity index (χ4n) is 1.16. The van der Waals surface area contributed by atoms with Crippen molar-refractivity contribution < 1.29 is 19.1 Å². The molecule has 0 saturated carbocycles. The lowest BCUT2D eigenvalue weighted by Crippen LogP contribution is -2.39. The van der Waals surface area contributed by atoms with Gasteiger partial charge in [0, 0.05) is 0 Å². The molecule has 4 heteroatoms. The lowest BCUT2D eigenvalue weighted by Gasteiger charge is -2.26. The van der Waals surface area contributed by atoms with Crippen molar-refractivity contribution in [3.63, 3.8) is 0 Å². The third kappa shape index (κ3) is 3.58. The molecule has 1 rings (SSSR count). The first-order chi connectivity index (χ1) is 7.46. The van der Waals surface area contributed by atoms with Gasteiger partial charge in [-0.25, -0.2) is 0 Å². The first-order valence-corrected chi connectivity index (χ1v) is 5.64. The Bertz CT molecular complexity index is 330. The maximum Gasteiger partial charge on any atom is 0.331 e. The highest BCUT2D eigenvalue weighted by Gasteiger charge is 2.54. The number of ether oxygens (including phenoxy) is 2. The Morgan fingerprint density at radius 2 is 1.12 bits per heavy atom. The first-order valence-electron chi connectivity index (χ1n) is 5.64. The van der Waals surface area contributed by atoms with Crippen LogP contribution in [0.5, 0.6) is 0 Å². The normalized spacial score (nSPS) is 17.5. The van der Waals surface area contributed by atoms with Gasteiger partial charge in [-0.3, -0.25) is 9.59 Å². The third-order valence-corrected chi connectivity index (χ3v) is 1.97. The summed E-state index contributed by atoms with van der Waals surface area (Å²) in [5.74, 6) is -1.14. The molecule has 0 aliphatic heterocycles. The summed E-state index contributed by atoms with van der Waals surface area (Å²) >= 11 is 0. The van der Waals surface area contributed by atoms with Gasteiger partial charge in [0.05, 0.1) is 0 Å². The van der Waals surface area contributed by atoms with Crippen LogP contribution in [0.1, 0.15) is 41.5 Å². The molecule has 0 spiro atoms. The van der Waals surface area contributed by atoms with Crippen molar-refractivity contribution in [3.8, 4) is 0 Å². The molecule has 0 aromatic rings. The van der Waals surface area contributed by atoms with Crippen LogP contribution in [0.2, 0.25) is 0 Å². The second-order valence-electron chi connectivity index (χ2n) is 6.21. The fourth-order valence-corrected chi connectivity index (χ4v) is 1.16. The molecule has 0 amide bonds. The molecule has 4 nitrogen and oxygen atoms in total. The summed E-state index contributed by atoms with van der Waals surface area (Å²) in [5, 5.41) is 0. The zero-order chi connectivity index (χ0) is 13.5. The fraction of sp³-hybridized carbons (Fsp3) is 0.692. The van der Waals surface area contributed by atoms with Crippen LogP contribution in [0.25, 0.3) is 0 Å². The maximum absolute atomic E-state index is 11.9. The topological polar surface area (TPSA) is 52.6 Å². The summed E-state index contributed by atoms with van der Waals surface area (Å²) in [4.78, 5) is 23.8. The Kier molecular flexibility index (Phi) is 3.12. The van der Waals surface area contributed by atoms with E-state index in [-0.39, 0.29) is 0 Å². The smallest absolute Gasteiger partial charge is 0.331 e. The van der Waals surface area contributed by atoms with Crippen molar-refractivity contribution in [2.45, 2.75) is 52.7 Å². The number of esters is 2. The molecule has 0 bridgehead atoms. The van der Waals surface area contributed by atoms with Crippen LogP contribution in [0.15, 0.2) is 12.2 Å². The Hall–Kier alpha value is -1.32. The minimum Gasteiger partial charge on any atom is -0.459 e. The highest BCUT2D eigenvalue weighted by atomic mass is 16.6. The highest BCUT2D eigenvalue weighted by Crippen LogP contribution is 2.39. The van der Waals surface area contributed by atoms with Crippen LogP contribution in [0.3, 0.4) is 0 Å². The average Bonchev–Trinajstić information content (AvgIpc) is 2.75. The van der Waals surface area contributed by atoms with Gasteiger partial charge in [-0.1, -0.05) is 12.2 Å². The average molecular weight is 240 g/mol. The van der Waals surface area contributed by atoms with E-state index in [0.29, 0.717) is 0 Å². The molecule has 0 unspecified atom stereocenters. The van der Waals surface area contributed by atoms with Crippen molar-refractivity contribution in [2.24, 2.45) is 5.41 Å². The minimum absolute atomic E-state index is 0.570. The minimum atomic E-state index is -1.29. The molecule has 0 N–H and O–H groups in total. The van der Waals surface area contributed by atoms with E-state index in [1.165, 1.54) is 12.2 Å². The largest absolute Gasteiger partial charge is 0.459 e. The molecule has 1 aliphatic rings. The third-order valence-electron chi connectivity index (χ3n) is 1.97. The molecule has 0 heterocycles. The molecule has 0 saturated heterocycles. The molecule has 0 aromatic heterocycles. The van der Waals surface area contributed by atoms with E-state index in [4.69, 9.17) is 9.47 Å². The predicted octanol–water partition coefficient (Wildman–Crippen LogP) is 2.23. The SMILES string of the molecule is CC(C)(C)OC(=O)C1(C(=O)OC(C)(C)C)C=C1. The van der Waals surface area contributed by atoms with E-state index in [2.05, 4.69) is 0 Å². The number of rotatable bonds is 2. The van der Waals surface area contributed by atoms with Crippen molar-refractivity contribution in [2.75, 3.05) is 0 Å². The summed E-state index contributed by atoms with van der Waals surface area (Å²) in [6.07, 6.45) is 3.02. The Morgan fingerprint density at radius 3 is 1.29 bits per heavy atom. The van der Waals surface area contributed by atoms with E-state index in [9.17, 15) is 9.59 Å². The molecule has 17 heavy (non-hydrogen) atoms. The van der Waals surface area contributed by atoms with E-state index >= 15 is 0 Å². The van der Waals surface area contributed by atoms with Crippen LogP contribution < -0.4 is 0 Å². The quantitative estimate of drug-likeness (QED) is 0.422. The van der Waals surface area contributed by atoms with E-state index in [1.54, 1.807) is 41.5 Å². The number of hydrogen-bond donors (Lipinski definition) is 0. The summed E-state index contributed by atoms with van der Waals surface area (Å²) in [6, 6.07) is 0. The second-order valence-corrected chi connectivity index (χ2v) is 6.21.